The fourth-order valence-electron chi connectivity index (χ4n) is 5.71. The number of aromatic nitrogens is 3. The standard InChI is InChI=1S/C38H25N3S/c1-2-9-26(10-3-1)27-16-18-28(19-17-27)33-25-34(40-38(39-33)37-15-8-24-42-37)29-20-22-30(23-21-29)41-35-13-6-4-11-31(35)32-12-5-7-14-36(32)41/h1-25H. The van der Waals surface area contributed by atoms with Gasteiger partial charge in [0.2, 0.25) is 0 Å². The molecule has 0 aliphatic heterocycles. The van der Waals surface area contributed by atoms with E-state index >= 15 is 0 Å². The van der Waals surface area contributed by atoms with Crippen molar-refractivity contribution in [2.24, 2.45) is 0 Å². The fraction of sp³-hybridized carbons (Fsp3) is 0. The van der Waals surface area contributed by atoms with E-state index in [9.17, 15) is 0 Å². The molecule has 3 heterocycles. The van der Waals surface area contributed by atoms with Crippen molar-refractivity contribution in [3.63, 3.8) is 0 Å². The smallest absolute Gasteiger partial charge is 0.170 e. The summed E-state index contributed by atoms with van der Waals surface area (Å²) in [5, 5.41) is 4.59. The zero-order chi connectivity index (χ0) is 27.9. The number of thiophene rings is 1. The van der Waals surface area contributed by atoms with Crippen LogP contribution in [0.5, 0.6) is 0 Å². The Bertz CT molecular complexity index is 2110. The molecule has 0 aliphatic carbocycles. The van der Waals surface area contributed by atoms with Gasteiger partial charge in [0.25, 0.3) is 0 Å². The van der Waals surface area contributed by atoms with E-state index in [1.807, 2.05) is 12.1 Å². The number of hydrogen-bond donors (Lipinski definition) is 0. The second kappa shape index (κ2) is 10.3. The van der Waals surface area contributed by atoms with Crippen LogP contribution in [-0.2, 0) is 0 Å². The van der Waals surface area contributed by atoms with Gasteiger partial charge in [-0.1, -0.05) is 109 Å². The molecule has 0 bridgehead atoms. The molecule has 0 saturated heterocycles. The molecule has 8 aromatic rings. The minimum atomic E-state index is 0.746. The molecule has 198 valence electrons. The highest BCUT2D eigenvalue weighted by Crippen LogP contribution is 2.34. The zero-order valence-electron chi connectivity index (χ0n) is 22.7. The number of para-hydroxylation sites is 2. The number of fused-ring (bicyclic) bond motifs is 3. The van der Waals surface area contributed by atoms with E-state index in [1.165, 1.54) is 32.9 Å². The molecule has 42 heavy (non-hydrogen) atoms. The molecule has 0 N–H and O–H groups in total. The van der Waals surface area contributed by atoms with Crippen LogP contribution in [0.4, 0.5) is 0 Å². The van der Waals surface area contributed by atoms with Gasteiger partial charge in [0.15, 0.2) is 5.82 Å². The van der Waals surface area contributed by atoms with E-state index in [0.717, 1.165) is 38.9 Å². The summed E-state index contributed by atoms with van der Waals surface area (Å²) in [5.41, 5.74) is 9.87. The van der Waals surface area contributed by atoms with Crippen molar-refractivity contribution in [1.82, 2.24) is 14.5 Å². The molecule has 4 heteroatoms. The third kappa shape index (κ3) is 4.30. The Kier molecular flexibility index (Phi) is 5.98. The van der Waals surface area contributed by atoms with Crippen LogP contribution in [0.2, 0.25) is 0 Å². The summed E-state index contributed by atoms with van der Waals surface area (Å²) >= 11 is 1.66. The fourth-order valence-corrected chi connectivity index (χ4v) is 6.36. The average molecular weight is 556 g/mol. The summed E-state index contributed by atoms with van der Waals surface area (Å²) in [4.78, 5) is 11.1. The summed E-state index contributed by atoms with van der Waals surface area (Å²) in [6.07, 6.45) is 0. The van der Waals surface area contributed by atoms with Crippen molar-refractivity contribution in [2.45, 2.75) is 0 Å². The summed E-state index contributed by atoms with van der Waals surface area (Å²) in [6, 6.07) is 51.2. The Hall–Kier alpha value is -5.32. The molecule has 3 nitrogen and oxygen atoms in total. The van der Waals surface area contributed by atoms with E-state index in [0.29, 0.717) is 0 Å². The Morgan fingerprint density at radius 2 is 0.976 bits per heavy atom. The number of rotatable bonds is 5. The van der Waals surface area contributed by atoms with E-state index in [-0.39, 0.29) is 0 Å². The summed E-state index contributed by atoms with van der Waals surface area (Å²) in [6.45, 7) is 0. The quantitative estimate of drug-likeness (QED) is 0.211. The molecule has 3 aromatic heterocycles. The first-order chi connectivity index (χ1) is 20.8. The van der Waals surface area contributed by atoms with Crippen LogP contribution in [-0.4, -0.2) is 14.5 Å². The first-order valence-corrected chi connectivity index (χ1v) is 14.9. The van der Waals surface area contributed by atoms with Crippen LogP contribution in [0.3, 0.4) is 0 Å². The summed E-state index contributed by atoms with van der Waals surface area (Å²) in [5.74, 6) is 0.746. The van der Waals surface area contributed by atoms with Crippen molar-refractivity contribution in [1.29, 1.82) is 0 Å². The zero-order valence-corrected chi connectivity index (χ0v) is 23.5. The molecule has 0 amide bonds. The minimum absolute atomic E-state index is 0.746. The molecular formula is C38H25N3S. The van der Waals surface area contributed by atoms with Gasteiger partial charge in [-0.05, 0) is 52.9 Å². The lowest BCUT2D eigenvalue weighted by atomic mass is 10.0. The first-order valence-electron chi connectivity index (χ1n) is 14.0. The van der Waals surface area contributed by atoms with E-state index in [1.54, 1.807) is 11.3 Å². The molecule has 8 rings (SSSR count). The molecule has 0 radical (unpaired) electrons. The van der Waals surface area contributed by atoms with E-state index in [2.05, 4.69) is 143 Å². The van der Waals surface area contributed by atoms with Gasteiger partial charge in [0.1, 0.15) is 0 Å². The van der Waals surface area contributed by atoms with Crippen molar-refractivity contribution in [2.75, 3.05) is 0 Å². The minimum Gasteiger partial charge on any atom is -0.309 e. The van der Waals surface area contributed by atoms with Crippen LogP contribution < -0.4 is 0 Å². The van der Waals surface area contributed by atoms with Crippen LogP contribution in [0.25, 0.3) is 71.8 Å². The number of benzene rings is 5. The van der Waals surface area contributed by atoms with Gasteiger partial charge in [-0.2, -0.15) is 0 Å². The van der Waals surface area contributed by atoms with E-state index < -0.39 is 0 Å². The normalized spacial score (nSPS) is 11.3. The number of hydrogen-bond acceptors (Lipinski definition) is 3. The second-order valence-corrected chi connectivity index (χ2v) is 11.2. The Morgan fingerprint density at radius 1 is 0.452 bits per heavy atom. The van der Waals surface area contributed by atoms with Gasteiger partial charge in [0, 0.05) is 27.6 Å². The van der Waals surface area contributed by atoms with Gasteiger partial charge in [0.05, 0.1) is 27.3 Å². The lowest BCUT2D eigenvalue weighted by Gasteiger charge is -2.11. The van der Waals surface area contributed by atoms with Gasteiger partial charge in [-0.25, -0.2) is 9.97 Å². The Morgan fingerprint density at radius 3 is 1.57 bits per heavy atom. The molecule has 5 aromatic carbocycles. The molecule has 0 unspecified atom stereocenters. The molecule has 0 saturated carbocycles. The molecule has 0 fully saturated rings. The lowest BCUT2D eigenvalue weighted by Crippen LogP contribution is -1.96. The molecule has 0 atom stereocenters. The lowest BCUT2D eigenvalue weighted by molar-refractivity contribution is 1.17. The number of nitrogens with zero attached hydrogens (tertiary/aromatic N) is 3. The monoisotopic (exact) mass is 555 g/mol. The Labute approximate surface area is 248 Å². The van der Waals surface area contributed by atoms with Gasteiger partial charge in [-0.3, -0.25) is 0 Å². The molecule has 0 aliphatic rings. The highest BCUT2D eigenvalue weighted by molar-refractivity contribution is 7.13. The maximum absolute atomic E-state index is 5.02. The van der Waals surface area contributed by atoms with Gasteiger partial charge in [-0.15, -0.1) is 11.3 Å². The highest BCUT2D eigenvalue weighted by Gasteiger charge is 2.14. The predicted octanol–water partition coefficient (Wildman–Crippen LogP) is 10.3. The maximum atomic E-state index is 5.02. The maximum Gasteiger partial charge on any atom is 0.170 e. The summed E-state index contributed by atoms with van der Waals surface area (Å²) in [7, 11) is 0. The van der Waals surface area contributed by atoms with Crippen molar-refractivity contribution in [3.8, 4) is 50.0 Å². The second-order valence-electron chi connectivity index (χ2n) is 10.3. The Balaban J connectivity index is 1.21. The third-order valence-corrected chi connectivity index (χ3v) is 8.62. The van der Waals surface area contributed by atoms with Gasteiger partial charge >= 0.3 is 0 Å². The van der Waals surface area contributed by atoms with Crippen LogP contribution >= 0.6 is 11.3 Å². The topological polar surface area (TPSA) is 30.7 Å². The van der Waals surface area contributed by atoms with E-state index in [4.69, 9.17) is 9.97 Å². The average Bonchev–Trinajstić information content (AvgIpc) is 3.73. The SMILES string of the molecule is c1ccc(-c2ccc(-c3cc(-c4ccc(-n5c6ccccc6c6ccccc65)cc4)nc(-c4cccs4)n3)cc2)cc1. The van der Waals surface area contributed by atoms with Crippen molar-refractivity contribution < 1.29 is 0 Å². The highest BCUT2D eigenvalue weighted by atomic mass is 32.1. The predicted molar refractivity (Wildman–Crippen MR) is 176 cm³/mol. The van der Waals surface area contributed by atoms with Crippen LogP contribution in [0, 0.1) is 0 Å². The first kappa shape index (κ1) is 24.5. The summed E-state index contributed by atoms with van der Waals surface area (Å²) < 4.78 is 2.34. The van der Waals surface area contributed by atoms with Crippen LogP contribution in [0.15, 0.2) is 151 Å². The van der Waals surface area contributed by atoms with Crippen molar-refractivity contribution >= 4 is 33.1 Å². The molecule has 0 spiro atoms. The van der Waals surface area contributed by atoms with Crippen LogP contribution in [0.1, 0.15) is 0 Å². The third-order valence-electron chi connectivity index (χ3n) is 7.76. The van der Waals surface area contributed by atoms with Gasteiger partial charge < -0.3 is 4.57 Å². The largest absolute Gasteiger partial charge is 0.309 e. The molecular weight excluding hydrogens is 531 g/mol. The van der Waals surface area contributed by atoms with Crippen molar-refractivity contribution in [3.05, 3.63) is 151 Å².